The molecule has 0 aromatic heterocycles. The molecular formula is C12H13O. The first-order valence-electron chi connectivity index (χ1n) is 4.40. The summed E-state index contributed by atoms with van der Waals surface area (Å²) in [5.74, 6) is 0.213. The van der Waals surface area contributed by atoms with Gasteiger partial charge in [0.2, 0.25) is 0 Å². The molecular weight excluding hydrogens is 160 g/mol. The van der Waals surface area contributed by atoms with Crippen molar-refractivity contribution in [3.05, 3.63) is 54.0 Å². The highest BCUT2D eigenvalue weighted by atomic mass is 16.1. The van der Waals surface area contributed by atoms with E-state index in [-0.39, 0.29) is 13.1 Å². The number of hydrogen-bond donors (Lipinski definition) is 0. The predicted octanol–water partition coefficient (Wildman–Crippen LogP) is 2.81. The Morgan fingerprint density at radius 1 is 1.31 bits per heavy atom. The van der Waals surface area contributed by atoms with Gasteiger partial charge in [-0.3, -0.25) is 4.79 Å². The van der Waals surface area contributed by atoms with Gasteiger partial charge in [-0.1, -0.05) is 42.0 Å². The third kappa shape index (κ3) is 1.55. The van der Waals surface area contributed by atoms with Crippen molar-refractivity contribution >= 4 is 5.78 Å². The van der Waals surface area contributed by atoms with E-state index in [2.05, 4.69) is 0 Å². The highest BCUT2D eigenvalue weighted by Crippen LogP contribution is 2.20. The Hall–Kier alpha value is -1.37. The van der Waals surface area contributed by atoms with Crippen molar-refractivity contribution in [2.45, 2.75) is 6.92 Å². The summed E-state index contributed by atoms with van der Waals surface area (Å²) in [6.45, 7) is 2.02. The first-order valence-corrected chi connectivity index (χ1v) is 4.40. The Morgan fingerprint density at radius 2 is 1.92 bits per heavy atom. The van der Waals surface area contributed by atoms with Crippen LogP contribution in [0.1, 0.15) is 17.3 Å². The fraction of sp³-hybridized carbons (Fsp3) is 0.167. The summed E-state index contributed by atoms with van der Waals surface area (Å²) in [6.07, 6.45) is 5.75. The number of hydrogen-bond acceptors (Lipinski definition) is 1. The molecule has 1 aromatic rings. The molecule has 13 heavy (non-hydrogen) atoms. The number of carbonyl (C=O) groups excluding carboxylic acids is 1. The quantitative estimate of drug-likeness (QED) is 0.628. The van der Waals surface area contributed by atoms with Gasteiger partial charge < -0.3 is 0 Å². The molecule has 1 aliphatic rings. The molecule has 0 fully saturated rings. The van der Waals surface area contributed by atoms with Crippen LogP contribution in [0.25, 0.3) is 0 Å². The molecule has 0 spiro atoms. The van der Waals surface area contributed by atoms with Gasteiger partial charge in [-0.05, 0) is 13.3 Å². The Balaban J connectivity index is 0.000000980. The smallest absolute Gasteiger partial charge is 0.170 e. The van der Waals surface area contributed by atoms with Gasteiger partial charge in [0.1, 0.15) is 0 Å². The third-order valence-corrected chi connectivity index (χ3v) is 2.28. The van der Waals surface area contributed by atoms with Crippen LogP contribution in [0, 0.1) is 19.3 Å². The molecule has 2 rings (SSSR count). The van der Waals surface area contributed by atoms with Gasteiger partial charge in [-0.2, -0.15) is 0 Å². The molecule has 1 radical (unpaired) electrons. The van der Waals surface area contributed by atoms with Crippen molar-refractivity contribution in [3.63, 3.8) is 0 Å². The van der Waals surface area contributed by atoms with Gasteiger partial charge in [0, 0.05) is 12.9 Å². The molecule has 1 aromatic carbocycles. The van der Waals surface area contributed by atoms with Crippen molar-refractivity contribution in [2.24, 2.45) is 5.92 Å². The van der Waals surface area contributed by atoms with Crippen LogP contribution in [0.15, 0.2) is 36.4 Å². The Kier molecular flexibility index (Phi) is 2.01. The zero-order valence-electron chi connectivity index (χ0n) is 7.53. The van der Waals surface area contributed by atoms with Crippen molar-refractivity contribution in [2.75, 3.05) is 0 Å². The molecule has 0 N–H and O–H groups in total. The maximum Gasteiger partial charge on any atom is 0.170 e. The number of aryl methyl sites for hydroxylation is 1. The van der Waals surface area contributed by atoms with Gasteiger partial charge in [0.15, 0.2) is 5.78 Å². The Labute approximate surface area is 79.6 Å². The first kappa shape index (κ1) is 8.24. The molecule has 0 bridgehead atoms. The largest absolute Gasteiger partial charge is 0.293 e. The summed E-state index contributed by atoms with van der Waals surface area (Å²) in [4.78, 5) is 11.7. The molecule has 1 heteroatoms. The Morgan fingerprint density at radius 3 is 2.38 bits per heavy atom. The van der Waals surface area contributed by atoms with E-state index < -0.39 is 0 Å². The molecule has 1 nitrogen and oxygen atoms in total. The standard InChI is InChI=1S/C12H11O.H2/c1-9-5-7-11(8-6-9)12(13)10-3-2-4-10;/h2-8,10H,1H3;1H. The highest BCUT2D eigenvalue weighted by molar-refractivity contribution is 6.00. The number of Topliss-reactive ketones (excluding diaryl/α,β-unsaturated/α-hetero) is 1. The zero-order chi connectivity index (χ0) is 9.26. The number of benzene rings is 1. The summed E-state index contributed by atoms with van der Waals surface area (Å²) >= 11 is 0. The normalized spacial score (nSPS) is 19.6. The second-order valence-electron chi connectivity index (χ2n) is 3.33. The fourth-order valence-corrected chi connectivity index (χ4v) is 1.31. The summed E-state index contributed by atoms with van der Waals surface area (Å²) in [7, 11) is 0. The van der Waals surface area contributed by atoms with E-state index in [1.165, 1.54) is 5.56 Å². The van der Waals surface area contributed by atoms with Crippen LogP contribution in [-0.4, -0.2) is 5.78 Å². The zero-order valence-corrected chi connectivity index (χ0v) is 7.53. The molecule has 0 amide bonds. The number of ketones is 1. The van der Waals surface area contributed by atoms with Gasteiger partial charge in [-0.15, -0.1) is 0 Å². The topological polar surface area (TPSA) is 17.1 Å². The minimum Gasteiger partial charge on any atom is -0.293 e. The van der Waals surface area contributed by atoms with E-state index in [1.54, 1.807) is 0 Å². The molecule has 1 unspecified atom stereocenters. The van der Waals surface area contributed by atoms with Crippen LogP contribution < -0.4 is 0 Å². The Bertz CT molecular complexity index is 351. The summed E-state index contributed by atoms with van der Waals surface area (Å²) < 4.78 is 0. The van der Waals surface area contributed by atoms with Crippen LogP contribution >= 0.6 is 0 Å². The molecule has 0 saturated heterocycles. The summed E-state index contributed by atoms with van der Waals surface area (Å²) in [6, 6.07) is 7.71. The van der Waals surface area contributed by atoms with E-state index in [4.69, 9.17) is 0 Å². The van der Waals surface area contributed by atoms with Crippen LogP contribution in [0.2, 0.25) is 0 Å². The molecule has 0 heterocycles. The lowest BCUT2D eigenvalue weighted by atomic mass is 9.87. The van der Waals surface area contributed by atoms with Crippen molar-refractivity contribution < 1.29 is 6.22 Å². The lowest BCUT2D eigenvalue weighted by molar-refractivity contribution is 0.0955. The van der Waals surface area contributed by atoms with Gasteiger partial charge in [-0.25, -0.2) is 0 Å². The average molecular weight is 173 g/mol. The monoisotopic (exact) mass is 173 g/mol. The van der Waals surface area contributed by atoms with E-state index in [0.717, 1.165) is 5.56 Å². The maximum atomic E-state index is 11.7. The number of rotatable bonds is 2. The summed E-state index contributed by atoms with van der Waals surface area (Å²) in [5, 5.41) is 0. The van der Waals surface area contributed by atoms with E-state index in [1.807, 2.05) is 49.8 Å². The van der Waals surface area contributed by atoms with Gasteiger partial charge in [0.05, 0.1) is 0 Å². The third-order valence-electron chi connectivity index (χ3n) is 2.28. The molecule has 0 aliphatic heterocycles. The fourth-order valence-electron chi connectivity index (χ4n) is 1.31. The highest BCUT2D eigenvalue weighted by Gasteiger charge is 2.20. The van der Waals surface area contributed by atoms with Crippen LogP contribution in [-0.2, 0) is 0 Å². The van der Waals surface area contributed by atoms with Crippen molar-refractivity contribution in [3.8, 4) is 0 Å². The van der Waals surface area contributed by atoms with Gasteiger partial charge >= 0.3 is 0 Å². The van der Waals surface area contributed by atoms with E-state index in [0.29, 0.717) is 0 Å². The second-order valence-corrected chi connectivity index (χ2v) is 3.33. The van der Waals surface area contributed by atoms with Crippen molar-refractivity contribution in [1.29, 1.82) is 0 Å². The van der Waals surface area contributed by atoms with Crippen LogP contribution in [0.5, 0.6) is 0 Å². The number of allylic oxidation sites excluding steroid dienone is 2. The minimum absolute atomic E-state index is 0. The predicted molar refractivity (Wildman–Crippen MR) is 54.6 cm³/mol. The van der Waals surface area contributed by atoms with Crippen LogP contribution in [0.3, 0.4) is 0 Å². The number of carbonyl (C=O) groups is 1. The molecule has 0 saturated carbocycles. The van der Waals surface area contributed by atoms with E-state index >= 15 is 0 Å². The molecule has 67 valence electrons. The first-order chi connectivity index (χ1) is 6.27. The molecule has 1 aliphatic carbocycles. The summed E-state index contributed by atoms with van der Waals surface area (Å²) in [5.41, 5.74) is 1.99. The minimum atomic E-state index is 0. The van der Waals surface area contributed by atoms with E-state index in [9.17, 15) is 4.79 Å². The van der Waals surface area contributed by atoms with Gasteiger partial charge in [0.25, 0.3) is 0 Å². The van der Waals surface area contributed by atoms with Crippen LogP contribution in [0.4, 0.5) is 0 Å². The lowest BCUT2D eigenvalue weighted by Crippen LogP contribution is -2.17. The molecule has 1 atom stereocenters. The van der Waals surface area contributed by atoms with Crippen molar-refractivity contribution in [1.82, 2.24) is 0 Å². The average Bonchev–Trinajstić information content (AvgIpc) is 2.02. The SMILES string of the molecule is Cc1ccc(C(=O)C2[CH]C=C2)cc1.[HH]. The second kappa shape index (κ2) is 3.17. The lowest BCUT2D eigenvalue weighted by Gasteiger charge is -2.15. The maximum absolute atomic E-state index is 11.7.